The average Bonchev–Trinajstić information content (AvgIpc) is 2.82. The Balaban J connectivity index is 0.000000980. The van der Waals surface area contributed by atoms with Crippen LogP contribution >= 0.6 is 23.5 Å². The largest absolute Gasteiger partial charge is 0.550 e. The van der Waals surface area contributed by atoms with Crippen LogP contribution in [0.2, 0.25) is 0 Å². The molecular formula is C13H23N3O4S2. The van der Waals surface area contributed by atoms with Crippen LogP contribution in [0.4, 0.5) is 5.82 Å². The number of carboxylic acids is 1. The molecular weight excluding hydrogens is 326 g/mol. The second kappa shape index (κ2) is 12.3. The van der Waals surface area contributed by atoms with Crippen LogP contribution < -0.4 is 9.67 Å². The molecule has 1 heterocycles. The topological polar surface area (TPSA) is 92.1 Å². The molecule has 0 N–H and O–H groups in total. The molecule has 0 unspecified atom stereocenters. The zero-order chi connectivity index (χ0) is 17.0. The first kappa shape index (κ1) is 20.8. The van der Waals surface area contributed by atoms with Gasteiger partial charge in [0.05, 0.1) is 6.54 Å². The molecule has 1 aromatic rings. The van der Waals surface area contributed by atoms with E-state index < -0.39 is 5.97 Å². The Kier molecular flexibility index (Phi) is 11.7. The van der Waals surface area contributed by atoms with E-state index in [1.807, 2.05) is 22.7 Å². The van der Waals surface area contributed by atoms with Gasteiger partial charge < -0.3 is 20.0 Å². The standard InChI is InChI=1S/C11H20N3O2S2.C2H4O2/c1-3-17-7-5-12-9-11(14(15)16)13(10-12)6-8-18-4-2;1-2(3)4/h9-10H,3-8H2,1-2H3;1H3,(H,3,4)/q+1;/p-1. The molecule has 0 atom stereocenters. The molecule has 0 amide bonds. The van der Waals surface area contributed by atoms with Gasteiger partial charge in [-0.05, 0) is 23.4 Å². The smallest absolute Gasteiger partial charge is 0.365 e. The summed E-state index contributed by atoms with van der Waals surface area (Å²) < 4.78 is 3.65. The van der Waals surface area contributed by atoms with Gasteiger partial charge in [-0.15, -0.1) is 0 Å². The molecule has 1 rings (SSSR count). The number of carboxylic acid groups (broad SMARTS) is 1. The van der Waals surface area contributed by atoms with Crippen molar-refractivity contribution in [3.05, 3.63) is 22.6 Å². The van der Waals surface area contributed by atoms with Gasteiger partial charge in [0.1, 0.15) is 6.54 Å². The number of nitro groups is 1. The van der Waals surface area contributed by atoms with Crippen LogP contribution in [0, 0.1) is 10.1 Å². The van der Waals surface area contributed by atoms with Gasteiger partial charge in [0.25, 0.3) is 0 Å². The van der Waals surface area contributed by atoms with E-state index in [1.54, 1.807) is 22.5 Å². The maximum Gasteiger partial charge on any atom is 0.365 e. The summed E-state index contributed by atoms with van der Waals surface area (Å²) in [4.78, 5) is 19.5. The van der Waals surface area contributed by atoms with E-state index >= 15 is 0 Å². The summed E-state index contributed by atoms with van der Waals surface area (Å²) in [6, 6.07) is 0. The van der Waals surface area contributed by atoms with Crippen molar-refractivity contribution in [3.8, 4) is 0 Å². The van der Waals surface area contributed by atoms with Crippen molar-refractivity contribution in [1.29, 1.82) is 0 Å². The number of carbonyl (C=O) groups excluding carboxylic acids is 1. The maximum atomic E-state index is 11.0. The van der Waals surface area contributed by atoms with Crippen molar-refractivity contribution in [2.24, 2.45) is 0 Å². The van der Waals surface area contributed by atoms with Gasteiger partial charge in [0.2, 0.25) is 6.33 Å². The number of rotatable bonds is 9. The van der Waals surface area contributed by atoms with Crippen molar-refractivity contribution < 1.29 is 19.4 Å². The Morgan fingerprint density at radius 1 is 1.32 bits per heavy atom. The number of thioether (sulfide) groups is 2. The lowest BCUT2D eigenvalue weighted by atomic mass is 10.6. The van der Waals surface area contributed by atoms with Gasteiger partial charge in [-0.2, -0.15) is 28.1 Å². The third kappa shape index (κ3) is 9.67. The summed E-state index contributed by atoms with van der Waals surface area (Å²) in [5, 5.41) is 19.8. The molecule has 0 fully saturated rings. The zero-order valence-corrected chi connectivity index (χ0v) is 14.8. The van der Waals surface area contributed by atoms with Gasteiger partial charge in [-0.25, -0.2) is 4.57 Å². The molecule has 0 radical (unpaired) electrons. The highest BCUT2D eigenvalue weighted by Gasteiger charge is 2.18. The molecule has 126 valence electrons. The number of hydrogen-bond acceptors (Lipinski definition) is 6. The summed E-state index contributed by atoms with van der Waals surface area (Å²) in [7, 11) is 0. The highest BCUT2D eigenvalue weighted by atomic mass is 32.2. The van der Waals surface area contributed by atoms with Crippen LogP contribution in [0.5, 0.6) is 0 Å². The number of aliphatic carboxylic acids is 1. The number of imidazole rings is 1. The highest BCUT2D eigenvalue weighted by Crippen LogP contribution is 2.11. The molecule has 9 heteroatoms. The van der Waals surface area contributed by atoms with E-state index in [0.29, 0.717) is 6.54 Å². The minimum absolute atomic E-state index is 0.188. The molecule has 0 aliphatic rings. The first-order valence-electron chi connectivity index (χ1n) is 6.99. The number of aromatic nitrogens is 2. The number of aryl methyl sites for hydroxylation is 2. The van der Waals surface area contributed by atoms with Crippen molar-refractivity contribution in [2.75, 3.05) is 23.0 Å². The summed E-state index contributed by atoms with van der Waals surface area (Å²) >= 11 is 3.64. The van der Waals surface area contributed by atoms with Gasteiger partial charge in [-0.3, -0.25) is 0 Å². The third-order valence-corrected chi connectivity index (χ3v) is 4.19. The Morgan fingerprint density at radius 3 is 2.36 bits per heavy atom. The van der Waals surface area contributed by atoms with E-state index in [4.69, 9.17) is 9.90 Å². The first-order valence-corrected chi connectivity index (χ1v) is 9.29. The molecule has 0 aliphatic heterocycles. The Bertz CT molecular complexity index is 462. The lowest BCUT2D eigenvalue weighted by Gasteiger charge is -1.98. The normalized spacial score (nSPS) is 9.95. The maximum absolute atomic E-state index is 11.0. The number of hydrogen-bond donors (Lipinski definition) is 0. The molecule has 0 aromatic carbocycles. The van der Waals surface area contributed by atoms with Crippen LogP contribution in [0.1, 0.15) is 20.8 Å². The van der Waals surface area contributed by atoms with Crippen LogP contribution in [0.15, 0.2) is 12.5 Å². The molecule has 0 saturated carbocycles. The molecule has 0 aliphatic carbocycles. The van der Waals surface area contributed by atoms with Crippen LogP contribution in [-0.2, 0) is 17.9 Å². The van der Waals surface area contributed by atoms with Gasteiger partial charge in [0.15, 0.2) is 6.20 Å². The van der Waals surface area contributed by atoms with Crippen molar-refractivity contribution >= 4 is 35.3 Å². The second-order valence-electron chi connectivity index (χ2n) is 4.18. The SMILES string of the molecule is CC(=O)[O-].CCSCCn1c[n+](CCSCC)cc1[N+](=O)[O-]. The Labute approximate surface area is 139 Å². The zero-order valence-electron chi connectivity index (χ0n) is 13.2. The van der Waals surface area contributed by atoms with Crippen LogP contribution in [-0.4, -0.2) is 38.5 Å². The van der Waals surface area contributed by atoms with Gasteiger partial charge in [-0.1, -0.05) is 13.8 Å². The molecule has 1 aromatic heterocycles. The lowest BCUT2D eigenvalue weighted by molar-refractivity contribution is -0.693. The fraction of sp³-hybridized carbons (Fsp3) is 0.692. The van der Waals surface area contributed by atoms with E-state index in [-0.39, 0.29) is 10.7 Å². The Hall–Kier alpha value is -1.22. The monoisotopic (exact) mass is 349 g/mol. The van der Waals surface area contributed by atoms with Crippen molar-refractivity contribution in [2.45, 2.75) is 33.9 Å². The quantitative estimate of drug-likeness (QED) is 0.285. The minimum atomic E-state index is -1.08. The minimum Gasteiger partial charge on any atom is -0.550 e. The highest BCUT2D eigenvalue weighted by molar-refractivity contribution is 7.99. The molecule has 0 saturated heterocycles. The van der Waals surface area contributed by atoms with E-state index in [0.717, 1.165) is 36.5 Å². The van der Waals surface area contributed by atoms with E-state index in [2.05, 4.69) is 13.8 Å². The van der Waals surface area contributed by atoms with Gasteiger partial charge >= 0.3 is 5.82 Å². The lowest BCUT2D eigenvalue weighted by Crippen LogP contribution is -2.32. The molecule has 0 bridgehead atoms. The summed E-state index contributed by atoms with van der Waals surface area (Å²) in [5.74, 6) is 3.13. The van der Waals surface area contributed by atoms with Gasteiger partial charge in [0, 0.05) is 17.5 Å². The van der Waals surface area contributed by atoms with E-state index in [1.165, 1.54) is 0 Å². The summed E-state index contributed by atoms with van der Waals surface area (Å²) in [5.41, 5.74) is 0. The van der Waals surface area contributed by atoms with Crippen molar-refractivity contribution in [1.82, 2.24) is 4.57 Å². The fourth-order valence-corrected chi connectivity index (χ4v) is 2.81. The van der Waals surface area contributed by atoms with Crippen LogP contribution in [0.25, 0.3) is 0 Å². The number of nitrogens with zero attached hydrogens (tertiary/aromatic N) is 3. The van der Waals surface area contributed by atoms with Crippen molar-refractivity contribution in [3.63, 3.8) is 0 Å². The first-order chi connectivity index (χ1) is 10.4. The summed E-state index contributed by atoms with van der Waals surface area (Å²) in [6.07, 6.45) is 3.48. The second-order valence-corrected chi connectivity index (χ2v) is 6.96. The molecule has 7 nitrogen and oxygen atoms in total. The summed E-state index contributed by atoms with van der Waals surface area (Å²) in [6.45, 7) is 6.71. The van der Waals surface area contributed by atoms with Crippen LogP contribution in [0.3, 0.4) is 0 Å². The predicted octanol–water partition coefficient (Wildman–Crippen LogP) is 0.946. The molecule has 22 heavy (non-hydrogen) atoms. The fourth-order valence-electron chi connectivity index (χ4n) is 1.56. The predicted molar refractivity (Wildman–Crippen MR) is 88.0 cm³/mol. The molecule has 0 spiro atoms. The average molecular weight is 349 g/mol. The Morgan fingerprint density at radius 2 is 1.86 bits per heavy atom. The van der Waals surface area contributed by atoms with E-state index in [9.17, 15) is 10.1 Å². The number of carbonyl (C=O) groups is 1. The third-order valence-electron chi connectivity index (χ3n) is 2.43.